The minimum absolute atomic E-state index is 0.000613. The Balaban J connectivity index is 1.57. The van der Waals surface area contributed by atoms with Gasteiger partial charge in [0.05, 0.1) is 18.1 Å². The molecule has 0 unspecified atom stereocenters. The summed E-state index contributed by atoms with van der Waals surface area (Å²) in [5.74, 6) is 0.714. The lowest BCUT2D eigenvalue weighted by Crippen LogP contribution is -2.42. The molecule has 0 aliphatic carbocycles. The lowest BCUT2D eigenvalue weighted by molar-refractivity contribution is 0.237. The van der Waals surface area contributed by atoms with Crippen LogP contribution in [0.15, 0.2) is 36.7 Å². The van der Waals surface area contributed by atoms with Crippen molar-refractivity contribution in [1.82, 2.24) is 25.4 Å². The Bertz CT molecular complexity index is 788. The zero-order valence-electron chi connectivity index (χ0n) is 12.3. The van der Waals surface area contributed by atoms with Gasteiger partial charge >= 0.3 is 6.03 Å². The SMILES string of the molecule is O=C(NCc1nncn1-c1ccccc1)N[C@@H]1CCS(=O)(=O)C1. The number of para-hydroxylation sites is 1. The van der Waals surface area contributed by atoms with Crippen LogP contribution in [-0.2, 0) is 16.4 Å². The van der Waals surface area contributed by atoms with Crippen molar-refractivity contribution < 1.29 is 13.2 Å². The Labute approximate surface area is 133 Å². The molecular weight excluding hydrogens is 318 g/mol. The first-order chi connectivity index (χ1) is 11.0. The highest BCUT2D eigenvalue weighted by Gasteiger charge is 2.28. The second kappa shape index (κ2) is 6.37. The maximum Gasteiger partial charge on any atom is 0.315 e. The molecule has 1 fully saturated rings. The lowest BCUT2D eigenvalue weighted by atomic mass is 10.3. The molecule has 0 radical (unpaired) electrons. The Kier molecular flexibility index (Phi) is 4.28. The van der Waals surface area contributed by atoms with Gasteiger partial charge in [-0.2, -0.15) is 0 Å². The van der Waals surface area contributed by atoms with Crippen LogP contribution in [0.3, 0.4) is 0 Å². The average molecular weight is 335 g/mol. The van der Waals surface area contributed by atoms with E-state index < -0.39 is 15.9 Å². The number of urea groups is 1. The topological polar surface area (TPSA) is 106 Å². The molecule has 2 amide bonds. The first-order valence-electron chi connectivity index (χ1n) is 7.22. The van der Waals surface area contributed by atoms with Gasteiger partial charge in [0.2, 0.25) is 0 Å². The van der Waals surface area contributed by atoms with Gasteiger partial charge in [0.15, 0.2) is 15.7 Å². The molecule has 0 saturated carbocycles. The van der Waals surface area contributed by atoms with E-state index in [4.69, 9.17) is 0 Å². The number of benzene rings is 1. The van der Waals surface area contributed by atoms with E-state index in [1.54, 1.807) is 10.9 Å². The third-order valence-electron chi connectivity index (χ3n) is 3.63. The van der Waals surface area contributed by atoms with Crippen LogP contribution in [0.4, 0.5) is 4.79 Å². The van der Waals surface area contributed by atoms with Gasteiger partial charge in [0.25, 0.3) is 0 Å². The van der Waals surface area contributed by atoms with Crippen LogP contribution in [0.2, 0.25) is 0 Å². The van der Waals surface area contributed by atoms with Crippen LogP contribution in [0.1, 0.15) is 12.2 Å². The minimum atomic E-state index is -3.01. The zero-order chi connectivity index (χ0) is 16.3. The number of hydrogen-bond acceptors (Lipinski definition) is 5. The maximum atomic E-state index is 11.9. The molecule has 1 atom stereocenters. The molecule has 2 aromatic rings. The van der Waals surface area contributed by atoms with E-state index in [0.29, 0.717) is 12.2 Å². The molecule has 3 rings (SSSR count). The summed E-state index contributed by atoms with van der Waals surface area (Å²) in [6, 6.07) is 8.81. The van der Waals surface area contributed by atoms with Gasteiger partial charge in [-0.1, -0.05) is 18.2 Å². The van der Waals surface area contributed by atoms with Crippen molar-refractivity contribution in [1.29, 1.82) is 0 Å². The fourth-order valence-corrected chi connectivity index (χ4v) is 4.16. The molecule has 2 N–H and O–H groups in total. The monoisotopic (exact) mass is 335 g/mol. The summed E-state index contributed by atoms with van der Waals surface area (Å²) in [4.78, 5) is 11.9. The number of sulfone groups is 1. The predicted molar refractivity (Wildman–Crippen MR) is 83.8 cm³/mol. The summed E-state index contributed by atoms with van der Waals surface area (Å²) in [6.45, 7) is 0.195. The van der Waals surface area contributed by atoms with Gasteiger partial charge in [-0.05, 0) is 18.6 Å². The molecule has 23 heavy (non-hydrogen) atoms. The van der Waals surface area contributed by atoms with Gasteiger partial charge < -0.3 is 10.6 Å². The van der Waals surface area contributed by atoms with Crippen LogP contribution in [0, 0.1) is 0 Å². The molecular formula is C14H17N5O3S. The molecule has 9 heteroatoms. The smallest absolute Gasteiger partial charge is 0.315 e. The minimum Gasteiger partial charge on any atom is -0.334 e. The molecule has 0 bridgehead atoms. The molecule has 1 aromatic heterocycles. The lowest BCUT2D eigenvalue weighted by Gasteiger charge is -2.12. The van der Waals surface area contributed by atoms with Gasteiger partial charge in [0, 0.05) is 11.7 Å². The van der Waals surface area contributed by atoms with Crippen LogP contribution >= 0.6 is 0 Å². The summed E-state index contributed by atoms with van der Waals surface area (Å²) < 4.78 is 24.5. The summed E-state index contributed by atoms with van der Waals surface area (Å²) in [5.41, 5.74) is 0.900. The molecule has 1 aliphatic rings. The summed E-state index contributed by atoms with van der Waals surface area (Å²) in [7, 11) is -3.01. The predicted octanol–water partition coefficient (Wildman–Crippen LogP) is 0.254. The van der Waals surface area contributed by atoms with E-state index in [2.05, 4.69) is 20.8 Å². The molecule has 122 valence electrons. The number of nitrogens with one attached hydrogen (secondary N) is 2. The van der Waals surface area contributed by atoms with Crippen LogP contribution in [-0.4, -0.2) is 46.8 Å². The first kappa shape index (κ1) is 15.5. The average Bonchev–Trinajstić information content (AvgIpc) is 3.12. The van der Waals surface area contributed by atoms with Gasteiger partial charge in [-0.3, -0.25) is 4.57 Å². The quantitative estimate of drug-likeness (QED) is 0.833. The van der Waals surface area contributed by atoms with E-state index >= 15 is 0 Å². The number of nitrogens with zero attached hydrogens (tertiary/aromatic N) is 3. The van der Waals surface area contributed by atoms with Crippen LogP contribution in [0.25, 0.3) is 5.69 Å². The Hall–Kier alpha value is -2.42. The van der Waals surface area contributed by atoms with Crippen molar-refractivity contribution in [2.45, 2.75) is 19.0 Å². The Morgan fingerprint density at radius 1 is 1.30 bits per heavy atom. The third-order valence-corrected chi connectivity index (χ3v) is 5.40. The van der Waals surface area contributed by atoms with Crippen molar-refractivity contribution in [2.75, 3.05) is 11.5 Å². The highest BCUT2D eigenvalue weighted by molar-refractivity contribution is 7.91. The largest absolute Gasteiger partial charge is 0.334 e. The standard InChI is InChI=1S/C14H17N5O3S/c20-14(17-11-6-7-23(21,22)9-11)15-8-13-18-16-10-19(13)12-4-2-1-3-5-12/h1-5,10-11H,6-9H2,(H2,15,17,20)/t11-/m1/s1. The molecule has 2 heterocycles. The van der Waals surface area contributed by atoms with Crippen LogP contribution in [0.5, 0.6) is 0 Å². The normalized spacial score (nSPS) is 19.4. The number of hydrogen-bond donors (Lipinski definition) is 2. The van der Waals surface area contributed by atoms with Crippen molar-refractivity contribution in [3.63, 3.8) is 0 Å². The summed E-state index contributed by atoms with van der Waals surface area (Å²) >= 11 is 0. The number of aromatic nitrogens is 3. The highest BCUT2D eigenvalue weighted by atomic mass is 32.2. The molecule has 8 nitrogen and oxygen atoms in total. The van der Waals surface area contributed by atoms with Crippen molar-refractivity contribution in [3.05, 3.63) is 42.5 Å². The first-order valence-corrected chi connectivity index (χ1v) is 9.05. The molecule has 1 aromatic carbocycles. The fourth-order valence-electron chi connectivity index (χ4n) is 2.49. The molecule has 1 saturated heterocycles. The summed E-state index contributed by atoms with van der Waals surface area (Å²) in [5, 5.41) is 13.2. The second-order valence-electron chi connectivity index (χ2n) is 5.38. The zero-order valence-corrected chi connectivity index (χ0v) is 13.2. The van der Waals surface area contributed by atoms with Crippen molar-refractivity contribution >= 4 is 15.9 Å². The maximum absolute atomic E-state index is 11.9. The van der Waals surface area contributed by atoms with E-state index in [1.165, 1.54) is 0 Å². The van der Waals surface area contributed by atoms with Crippen molar-refractivity contribution in [3.8, 4) is 5.69 Å². The third kappa shape index (κ3) is 3.86. The van der Waals surface area contributed by atoms with Crippen LogP contribution < -0.4 is 10.6 Å². The second-order valence-corrected chi connectivity index (χ2v) is 7.61. The van der Waals surface area contributed by atoms with Gasteiger partial charge in [-0.25, -0.2) is 13.2 Å². The van der Waals surface area contributed by atoms with Crippen molar-refractivity contribution in [2.24, 2.45) is 0 Å². The van der Waals surface area contributed by atoms with E-state index in [0.717, 1.165) is 5.69 Å². The van der Waals surface area contributed by atoms with Gasteiger partial charge in [-0.15, -0.1) is 10.2 Å². The Morgan fingerprint density at radius 3 is 2.78 bits per heavy atom. The number of amides is 2. The van der Waals surface area contributed by atoms with E-state index in [9.17, 15) is 13.2 Å². The summed E-state index contributed by atoms with van der Waals surface area (Å²) in [6.07, 6.45) is 2.03. The number of rotatable bonds is 4. The molecule has 1 aliphatic heterocycles. The number of carbonyl (C=O) groups is 1. The Morgan fingerprint density at radius 2 is 2.09 bits per heavy atom. The van der Waals surface area contributed by atoms with E-state index in [1.807, 2.05) is 30.3 Å². The molecule has 0 spiro atoms. The number of carbonyl (C=O) groups excluding carboxylic acids is 1. The fraction of sp³-hybridized carbons (Fsp3) is 0.357. The van der Waals surface area contributed by atoms with E-state index in [-0.39, 0.29) is 24.1 Å². The van der Waals surface area contributed by atoms with Gasteiger partial charge in [0.1, 0.15) is 6.33 Å². The highest BCUT2D eigenvalue weighted by Crippen LogP contribution is 2.11.